The molecule has 4 aliphatic rings. The van der Waals surface area contributed by atoms with Gasteiger partial charge in [-0.05, 0) is 106 Å². The predicted octanol–water partition coefficient (Wildman–Crippen LogP) is 4.35. The Hall–Kier alpha value is -0.850. The number of hydrogen-bond donors (Lipinski definition) is 2. The molecule has 156 valence electrons. The maximum Gasteiger partial charge on any atom is 0.133 e. The average Bonchev–Trinajstić information content (AvgIpc) is 2.98. The molecule has 0 radical (unpaired) electrons. The number of rotatable bonds is 1. The Labute approximate surface area is 170 Å². The minimum Gasteiger partial charge on any atom is -0.381 e. The van der Waals surface area contributed by atoms with Crippen molar-refractivity contribution in [1.82, 2.24) is 0 Å². The highest BCUT2D eigenvalue weighted by Crippen LogP contribution is 2.68. The van der Waals surface area contributed by atoms with Gasteiger partial charge in [-0.2, -0.15) is 0 Å². The molecule has 0 aliphatic heterocycles. The van der Waals surface area contributed by atoms with Gasteiger partial charge in [-0.3, -0.25) is 4.79 Å². The molecule has 2 N–H and O–H groups in total. The van der Waals surface area contributed by atoms with E-state index in [0.29, 0.717) is 17.6 Å². The standard InChI is InChI=1S/C25H38O3/c1-16(26)9-12-25(28)14-13-23(3)18(15-25)5-6-19-21-8-7-20(17(2)27)24(21,4)11-10-22(19)23/h16,18-22,26,28H,5-8,10-11,13-15H2,1-4H3/t16?,18-,19+,20-,21+,22+,23+,24-,25-/m1/s1. The topological polar surface area (TPSA) is 57.5 Å². The first kappa shape index (κ1) is 20.4. The van der Waals surface area contributed by atoms with Crippen molar-refractivity contribution in [3.05, 3.63) is 0 Å². The number of carbonyl (C=O) groups excluding carboxylic acids is 1. The van der Waals surface area contributed by atoms with Gasteiger partial charge in [0.15, 0.2) is 0 Å². The molecule has 0 aromatic heterocycles. The summed E-state index contributed by atoms with van der Waals surface area (Å²) in [5.74, 6) is 9.17. The van der Waals surface area contributed by atoms with Crippen LogP contribution in [-0.2, 0) is 4.79 Å². The van der Waals surface area contributed by atoms with Crippen LogP contribution in [0.5, 0.6) is 0 Å². The Morgan fingerprint density at radius 1 is 1.00 bits per heavy atom. The van der Waals surface area contributed by atoms with Crippen LogP contribution in [0.2, 0.25) is 0 Å². The molecule has 1 unspecified atom stereocenters. The van der Waals surface area contributed by atoms with Crippen LogP contribution in [0.25, 0.3) is 0 Å². The Bertz CT molecular complexity index is 702. The first-order valence-electron chi connectivity index (χ1n) is 11.5. The Balaban J connectivity index is 1.55. The SMILES string of the molecule is CC(=O)[C@H]1CC[C@H]2[C@@H]3CC[C@@H]4C[C@@](O)(C#CC(C)O)CC[C@]4(C)[C@H]3CC[C@]12C. The lowest BCUT2D eigenvalue weighted by Crippen LogP contribution is -2.56. The minimum absolute atomic E-state index is 0.217. The number of hydrogen-bond acceptors (Lipinski definition) is 3. The van der Waals surface area contributed by atoms with Crippen LogP contribution in [0.1, 0.15) is 85.5 Å². The van der Waals surface area contributed by atoms with Crippen molar-refractivity contribution in [3.8, 4) is 11.8 Å². The Kier molecular flexibility index (Phi) is 4.99. The van der Waals surface area contributed by atoms with Gasteiger partial charge in [-0.15, -0.1) is 0 Å². The summed E-state index contributed by atoms with van der Waals surface area (Å²) in [6.45, 7) is 8.35. The minimum atomic E-state index is -0.926. The highest BCUT2D eigenvalue weighted by atomic mass is 16.3. The van der Waals surface area contributed by atoms with Gasteiger partial charge in [0.2, 0.25) is 0 Å². The van der Waals surface area contributed by atoms with E-state index < -0.39 is 11.7 Å². The molecule has 4 fully saturated rings. The normalized spacial score (nSPS) is 51.1. The van der Waals surface area contributed by atoms with E-state index >= 15 is 0 Å². The average molecular weight is 387 g/mol. The van der Waals surface area contributed by atoms with Crippen molar-refractivity contribution in [2.45, 2.75) is 97.2 Å². The highest BCUT2D eigenvalue weighted by Gasteiger charge is 2.61. The molecule has 0 spiro atoms. The van der Waals surface area contributed by atoms with Crippen LogP contribution in [0.3, 0.4) is 0 Å². The smallest absolute Gasteiger partial charge is 0.133 e. The van der Waals surface area contributed by atoms with Crippen molar-refractivity contribution in [2.75, 3.05) is 0 Å². The molecule has 0 bridgehead atoms. The molecule has 0 aromatic rings. The molecular weight excluding hydrogens is 348 g/mol. The second kappa shape index (κ2) is 6.85. The molecule has 0 amide bonds. The van der Waals surface area contributed by atoms with Gasteiger partial charge >= 0.3 is 0 Å². The van der Waals surface area contributed by atoms with Crippen molar-refractivity contribution in [3.63, 3.8) is 0 Å². The molecular formula is C25H38O3. The lowest BCUT2D eigenvalue weighted by Gasteiger charge is -2.61. The van der Waals surface area contributed by atoms with E-state index in [1.165, 1.54) is 32.1 Å². The third-order valence-corrected chi connectivity index (χ3v) is 9.73. The number of aliphatic hydroxyl groups excluding tert-OH is 1. The number of fused-ring (bicyclic) bond motifs is 5. The predicted molar refractivity (Wildman–Crippen MR) is 110 cm³/mol. The molecule has 3 nitrogen and oxygen atoms in total. The molecule has 9 atom stereocenters. The fraction of sp³-hybridized carbons (Fsp3) is 0.880. The largest absolute Gasteiger partial charge is 0.381 e. The van der Waals surface area contributed by atoms with Gasteiger partial charge < -0.3 is 10.2 Å². The Morgan fingerprint density at radius 3 is 2.39 bits per heavy atom. The fourth-order valence-electron chi connectivity index (χ4n) is 8.27. The fourth-order valence-corrected chi connectivity index (χ4v) is 8.27. The van der Waals surface area contributed by atoms with E-state index in [1.807, 2.05) is 0 Å². The van der Waals surface area contributed by atoms with Gasteiger partial charge in [0.1, 0.15) is 17.5 Å². The number of Topliss-reactive ketones (excluding diaryl/α,β-unsaturated/α-hetero) is 1. The van der Waals surface area contributed by atoms with Gasteiger partial charge in [-0.25, -0.2) is 0 Å². The van der Waals surface area contributed by atoms with Gasteiger partial charge in [0.05, 0.1) is 0 Å². The summed E-state index contributed by atoms with van der Waals surface area (Å²) < 4.78 is 0. The van der Waals surface area contributed by atoms with Crippen LogP contribution < -0.4 is 0 Å². The van der Waals surface area contributed by atoms with E-state index in [-0.39, 0.29) is 16.7 Å². The lowest BCUT2D eigenvalue weighted by atomic mass is 9.44. The third kappa shape index (κ3) is 3.07. The van der Waals surface area contributed by atoms with E-state index in [9.17, 15) is 15.0 Å². The van der Waals surface area contributed by atoms with E-state index in [0.717, 1.165) is 37.5 Å². The molecule has 4 rings (SSSR count). The molecule has 28 heavy (non-hydrogen) atoms. The van der Waals surface area contributed by atoms with Crippen molar-refractivity contribution in [2.24, 2.45) is 40.4 Å². The molecule has 4 saturated carbocycles. The second-order valence-corrected chi connectivity index (χ2v) is 11.1. The van der Waals surface area contributed by atoms with E-state index in [1.54, 1.807) is 13.8 Å². The zero-order chi connectivity index (χ0) is 20.3. The van der Waals surface area contributed by atoms with Crippen LogP contribution in [0, 0.1) is 52.3 Å². The summed E-state index contributed by atoms with van der Waals surface area (Å²) in [7, 11) is 0. The summed E-state index contributed by atoms with van der Waals surface area (Å²) in [6, 6.07) is 0. The summed E-state index contributed by atoms with van der Waals surface area (Å²) in [5, 5.41) is 20.5. The van der Waals surface area contributed by atoms with Crippen LogP contribution >= 0.6 is 0 Å². The van der Waals surface area contributed by atoms with Crippen LogP contribution in [-0.4, -0.2) is 27.7 Å². The molecule has 3 heteroatoms. The van der Waals surface area contributed by atoms with E-state index in [4.69, 9.17) is 0 Å². The molecule has 4 aliphatic carbocycles. The summed E-state index contributed by atoms with van der Waals surface area (Å²) in [5.41, 5.74) is -0.421. The first-order valence-corrected chi connectivity index (χ1v) is 11.5. The number of aliphatic hydroxyl groups is 2. The van der Waals surface area contributed by atoms with Crippen molar-refractivity contribution < 1.29 is 15.0 Å². The zero-order valence-electron chi connectivity index (χ0n) is 18.1. The summed E-state index contributed by atoms with van der Waals surface area (Å²) in [4.78, 5) is 12.3. The monoisotopic (exact) mass is 386 g/mol. The quantitative estimate of drug-likeness (QED) is 0.659. The Morgan fingerprint density at radius 2 is 1.71 bits per heavy atom. The lowest BCUT2D eigenvalue weighted by molar-refractivity contribution is -0.144. The number of ketones is 1. The molecule has 0 heterocycles. The summed E-state index contributed by atoms with van der Waals surface area (Å²) in [6.07, 6.45) is 9.00. The maximum atomic E-state index is 12.3. The van der Waals surface area contributed by atoms with Gasteiger partial charge in [0.25, 0.3) is 0 Å². The molecule has 0 aromatic carbocycles. The van der Waals surface area contributed by atoms with Crippen LogP contribution in [0.4, 0.5) is 0 Å². The highest BCUT2D eigenvalue weighted by molar-refractivity contribution is 5.79. The third-order valence-electron chi connectivity index (χ3n) is 9.73. The van der Waals surface area contributed by atoms with Crippen molar-refractivity contribution in [1.29, 1.82) is 0 Å². The zero-order valence-corrected chi connectivity index (χ0v) is 18.1. The summed E-state index contributed by atoms with van der Waals surface area (Å²) >= 11 is 0. The second-order valence-electron chi connectivity index (χ2n) is 11.1. The maximum absolute atomic E-state index is 12.3. The van der Waals surface area contributed by atoms with E-state index in [2.05, 4.69) is 25.7 Å². The first-order chi connectivity index (χ1) is 13.1. The van der Waals surface area contributed by atoms with Gasteiger partial charge in [0, 0.05) is 5.92 Å². The van der Waals surface area contributed by atoms with Gasteiger partial charge in [-0.1, -0.05) is 25.7 Å². The van der Waals surface area contributed by atoms with Crippen molar-refractivity contribution >= 4 is 5.78 Å². The molecule has 0 saturated heterocycles. The van der Waals surface area contributed by atoms with Crippen LogP contribution in [0.15, 0.2) is 0 Å². The number of carbonyl (C=O) groups is 1.